The van der Waals surface area contributed by atoms with Gasteiger partial charge < -0.3 is 0 Å². The van der Waals surface area contributed by atoms with Crippen LogP contribution in [0.5, 0.6) is 0 Å². The zero-order valence-corrected chi connectivity index (χ0v) is 8.14. The quantitative estimate of drug-likeness (QED) is 0.744. The summed E-state index contributed by atoms with van der Waals surface area (Å²) in [5, 5.41) is 7.01. The largest absolute Gasteiger partial charge is 0.268 e. The molecule has 1 aliphatic heterocycles. The zero-order chi connectivity index (χ0) is 9.10. The van der Waals surface area contributed by atoms with E-state index >= 15 is 0 Å². The molecule has 4 heteroatoms. The van der Waals surface area contributed by atoms with Gasteiger partial charge in [-0.3, -0.25) is 4.79 Å². The van der Waals surface area contributed by atoms with Gasteiger partial charge >= 0.3 is 0 Å². The van der Waals surface area contributed by atoms with Gasteiger partial charge in [0, 0.05) is 11.3 Å². The van der Waals surface area contributed by atoms with Gasteiger partial charge in [0.2, 0.25) is 0 Å². The Bertz CT molecular complexity index is 310. The van der Waals surface area contributed by atoms with Gasteiger partial charge in [-0.15, -0.1) is 0 Å². The maximum atomic E-state index is 10.8. The van der Waals surface area contributed by atoms with E-state index in [1.807, 2.05) is 17.8 Å². The molecular formula is C9H12N2OS. The molecule has 1 saturated heterocycles. The molecule has 0 saturated carbocycles. The lowest BCUT2D eigenvalue weighted by molar-refractivity contribution is 0.667. The Morgan fingerprint density at radius 1 is 1.46 bits per heavy atom. The van der Waals surface area contributed by atoms with Crippen molar-refractivity contribution < 1.29 is 0 Å². The maximum Gasteiger partial charge on any atom is 0.264 e. The van der Waals surface area contributed by atoms with E-state index < -0.39 is 0 Å². The Balaban J connectivity index is 2.14. The van der Waals surface area contributed by atoms with Crippen molar-refractivity contribution in [2.45, 2.75) is 24.5 Å². The minimum absolute atomic E-state index is 0.121. The predicted octanol–water partition coefficient (Wildman–Crippen LogP) is 1.73. The number of nitrogens with one attached hydrogen (secondary N) is 1. The first-order chi connectivity index (χ1) is 6.36. The Hall–Kier alpha value is -0.770. The summed E-state index contributed by atoms with van der Waals surface area (Å²) in [6.45, 7) is 0. The molecule has 2 heterocycles. The van der Waals surface area contributed by atoms with Crippen LogP contribution in [0.4, 0.5) is 0 Å². The van der Waals surface area contributed by atoms with E-state index in [0.29, 0.717) is 5.25 Å². The molecular weight excluding hydrogens is 184 g/mol. The molecule has 1 atom stereocenters. The van der Waals surface area contributed by atoms with Crippen LogP contribution < -0.4 is 5.56 Å². The number of aromatic amines is 1. The summed E-state index contributed by atoms with van der Waals surface area (Å²) in [6, 6.07) is 3.39. The summed E-state index contributed by atoms with van der Waals surface area (Å²) < 4.78 is 0. The SMILES string of the molecule is O=c1ccc(C2CCCCS2)n[nH]1. The third-order valence-electron chi connectivity index (χ3n) is 2.21. The summed E-state index contributed by atoms with van der Waals surface area (Å²) in [4.78, 5) is 10.8. The van der Waals surface area contributed by atoms with Gasteiger partial charge in [-0.2, -0.15) is 16.9 Å². The Kier molecular flexibility index (Phi) is 2.68. The van der Waals surface area contributed by atoms with Crippen LogP contribution in [0.1, 0.15) is 30.2 Å². The normalized spacial score (nSPS) is 22.9. The number of hydrogen-bond acceptors (Lipinski definition) is 3. The van der Waals surface area contributed by atoms with Crippen molar-refractivity contribution in [2.24, 2.45) is 0 Å². The fourth-order valence-electron chi connectivity index (χ4n) is 1.51. The molecule has 1 aromatic rings. The number of H-pyrrole nitrogens is 1. The van der Waals surface area contributed by atoms with Crippen LogP contribution >= 0.6 is 11.8 Å². The van der Waals surface area contributed by atoms with E-state index in [4.69, 9.17) is 0 Å². The van der Waals surface area contributed by atoms with E-state index in [2.05, 4.69) is 10.2 Å². The highest BCUT2D eigenvalue weighted by molar-refractivity contribution is 7.99. The van der Waals surface area contributed by atoms with Crippen molar-refractivity contribution in [3.63, 3.8) is 0 Å². The minimum atomic E-state index is -0.121. The fourth-order valence-corrected chi connectivity index (χ4v) is 2.80. The first-order valence-corrected chi connectivity index (χ1v) is 5.58. The molecule has 0 aliphatic carbocycles. The van der Waals surface area contributed by atoms with E-state index in [1.165, 1.54) is 25.0 Å². The number of aromatic nitrogens is 2. The standard InChI is InChI=1S/C9H12N2OS/c12-9-5-4-7(10-11-9)8-3-1-2-6-13-8/h4-5,8H,1-3,6H2,(H,11,12). The second-order valence-corrected chi connectivity index (χ2v) is 4.51. The summed E-state index contributed by atoms with van der Waals surface area (Å²) in [7, 11) is 0. The van der Waals surface area contributed by atoms with Crippen molar-refractivity contribution in [3.8, 4) is 0 Å². The third-order valence-corrected chi connectivity index (χ3v) is 3.61. The molecule has 13 heavy (non-hydrogen) atoms. The monoisotopic (exact) mass is 196 g/mol. The lowest BCUT2D eigenvalue weighted by Crippen LogP contribution is -2.11. The van der Waals surface area contributed by atoms with E-state index in [0.717, 1.165) is 5.69 Å². The van der Waals surface area contributed by atoms with Gasteiger partial charge in [-0.1, -0.05) is 6.42 Å². The van der Waals surface area contributed by atoms with Crippen LogP contribution in [0.3, 0.4) is 0 Å². The van der Waals surface area contributed by atoms with Crippen molar-refractivity contribution >= 4 is 11.8 Å². The molecule has 3 nitrogen and oxygen atoms in total. The molecule has 0 aromatic carbocycles. The Labute approximate surface area is 80.9 Å². The Morgan fingerprint density at radius 2 is 2.38 bits per heavy atom. The van der Waals surface area contributed by atoms with Gasteiger partial charge in [0.1, 0.15) is 0 Å². The molecule has 0 amide bonds. The third kappa shape index (κ3) is 2.12. The van der Waals surface area contributed by atoms with E-state index in [9.17, 15) is 4.79 Å². The van der Waals surface area contributed by atoms with Gasteiger partial charge in [-0.25, -0.2) is 5.10 Å². The molecule has 1 aromatic heterocycles. The lowest BCUT2D eigenvalue weighted by Gasteiger charge is -2.19. The van der Waals surface area contributed by atoms with Crippen molar-refractivity contribution in [3.05, 3.63) is 28.2 Å². The molecule has 70 valence electrons. The number of rotatable bonds is 1. The summed E-state index contributed by atoms with van der Waals surface area (Å²) in [5.74, 6) is 1.21. The average molecular weight is 196 g/mol. The van der Waals surface area contributed by atoms with E-state index in [1.54, 1.807) is 6.07 Å². The molecule has 1 fully saturated rings. The van der Waals surface area contributed by atoms with Gasteiger partial charge in [0.05, 0.1) is 5.69 Å². The molecule has 1 aliphatic rings. The second-order valence-electron chi connectivity index (χ2n) is 3.20. The van der Waals surface area contributed by atoms with Gasteiger partial charge in [0.15, 0.2) is 0 Å². The number of nitrogens with zero attached hydrogens (tertiary/aromatic N) is 1. The van der Waals surface area contributed by atoms with Crippen molar-refractivity contribution in [1.82, 2.24) is 10.2 Å². The highest BCUT2D eigenvalue weighted by atomic mass is 32.2. The number of hydrogen-bond donors (Lipinski definition) is 1. The van der Waals surface area contributed by atoms with Crippen LogP contribution in [0.25, 0.3) is 0 Å². The highest BCUT2D eigenvalue weighted by Gasteiger charge is 2.16. The van der Waals surface area contributed by atoms with Crippen LogP contribution in [0, 0.1) is 0 Å². The highest BCUT2D eigenvalue weighted by Crippen LogP contribution is 2.36. The van der Waals surface area contributed by atoms with Crippen molar-refractivity contribution in [1.29, 1.82) is 0 Å². The minimum Gasteiger partial charge on any atom is -0.268 e. The molecule has 0 radical (unpaired) electrons. The lowest BCUT2D eigenvalue weighted by atomic mass is 10.1. The topological polar surface area (TPSA) is 45.8 Å². The van der Waals surface area contributed by atoms with Crippen LogP contribution in [-0.4, -0.2) is 16.0 Å². The summed E-state index contributed by atoms with van der Waals surface area (Å²) in [6.07, 6.45) is 3.77. The first kappa shape index (κ1) is 8.81. The molecule has 1 unspecified atom stereocenters. The van der Waals surface area contributed by atoms with Crippen LogP contribution in [0.15, 0.2) is 16.9 Å². The van der Waals surface area contributed by atoms with Crippen molar-refractivity contribution in [2.75, 3.05) is 5.75 Å². The zero-order valence-electron chi connectivity index (χ0n) is 7.32. The molecule has 2 rings (SSSR count). The second kappa shape index (κ2) is 3.96. The van der Waals surface area contributed by atoms with Crippen LogP contribution in [-0.2, 0) is 0 Å². The smallest absolute Gasteiger partial charge is 0.264 e. The van der Waals surface area contributed by atoms with Gasteiger partial charge in [-0.05, 0) is 24.7 Å². The molecule has 0 bridgehead atoms. The fraction of sp³-hybridized carbons (Fsp3) is 0.556. The van der Waals surface area contributed by atoms with E-state index in [-0.39, 0.29) is 5.56 Å². The predicted molar refractivity (Wildman–Crippen MR) is 53.9 cm³/mol. The first-order valence-electron chi connectivity index (χ1n) is 4.53. The maximum absolute atomic E-state index is 10.8. The summed E-state index contributed by atoms with van der Waals surface area (Å²) in [5.41, 5.74) is 0.897. The van der Waals surface area contributed by atoms with Gasteiger partial charge in [0.25, 0.3) is 5.56 Å². The molecule has 0 spiro atoms. The molecule has 1 N–H and O–H groups in total. The van der Waals surface area contributed by atoms with Crippen LogP contribution in [0.2, 0.25) is 0 Å². The average Bonchev–Trinajstić information content (AvgIpc) is 2.20. The Morgan fingerprint density at radius 3 is 3.00 bits per heavy atom. The summed E-state index contributed by atoms with van der Waals surface area (Å²) >= 11 is 1.94. The number of thioether (sulfide) groups is 1.